The first-order valence-corrected chi connectivity index (χ1v) is 9.57. The van der Waals surface area contributed by atoms with Gasteiger partial charge in [-0.1, -0.05) is 13.3 Å². The molecular weight excluding hydrogens is 276 g/mol. The largest absolute Gasteiger partial charge is 0.340 e. The van der Waals surface area contributed by atoms with Gasteiger partial charge in [-0.3, -0.25) is 4.79 Å². The van der Waals surface area contributed by atoms with Gasteiger partial charge in [0.2, 0.25) is 5.91 Å². The number of carbonyl (C=O) groups is 1. The predicted molar refractivity (Wildman–Crippen MR) is 79.3 cm³/mol. The Hall–Kier alpha value is -0.620. The van der Waals surface area contributed by atoms with Crippen molar-refractivity contribution in [2.75, 3.05) is 24.6 Å². The molecule has 2 atom stereocenters. The minimum Gasteiger partial charge on any atom is -0.340 e. The second kappa shape index (κ2) is 6.89. The highest BCUT2D eigenvalue weighted by Crippen LogP contribution is 2.22. The Balaban J connectivity index is 1.92. The molecule has 2 aliphatic rings. The average molecular weight is 302 g/mol. The van der Waals surface area contributed by atoms with E-state index in [0.29, 0.717) is 19.0 Å². The summed E-state index contributed by atoms with van der Waals surface area (Å²) in [6.45, 7) is 3.45. The number of rotatable bonds is 4. The Bertz CT molecular complexity index is 434. The number of hydrogen-bond donors (Lipinski definition) is 1. The van der Waals surface area contributed by atoms with E-state index >= 15 is 0 Å². The molecule has 2 unspecified atom stereocenters. The summed E-state index contributed by atoms with van der Waals surface area (Å²) in [6.07, 6.45) is 5.83. The predicted octanol–water partition coefficient (Wildman–Crippen LogP) is 0.944. The van der Waals surface area contributed by atoms with Crippen molar-refractivity contribution in [2.45, 2.75) is 57.5 Å². The standard InChI is InChI=1S/C14H26N2O3S/c1-2-5-13-6-3-4-8-16(13)14(17)10-12-11-20(18,19)9-7-15-12/h12-13,15H,2-11H2,1H3. The van der Waals surface area contributed by atoms with E-state index in [1.54, 1.807) is 0 Å². The molecule has 0 aromatic carbocycles. The normalized spacial score (nSPS) is 30.1. The first-order valence-electron chi connectivity index (χ1n) is 7.75. The minimum atomic E-state index is -2.97. The molecule has 0 aliphatic carbocycles. The number of sulfone groups is 1. The summed E-state index contributed by atoms with van der Waals surface area (Å²) in [7, 11) is -2.97. The summed E-state index contributed by atoms with van der Waals surface area (Å²) in [5, 5.41) is 3.16. The van der Waals surface area contributed by atoms with Crippen molar-refractivity contribution >= 4 is 15.7 Å². The smallest absolute Gasteiger partial charge is 0.224 e. The van der Waals surface area contributed by atoms with Crippen molar-refractivity contribution in [3.8, 4) is 0 Å². The number of nitrogens with zero attached hydrogens (tertiary/aromatic N) is 1. The molecule has 0 spiro atoms. The highest BCUT2D eigenvalue weighted by atomic mass is 32.2. The lowest BCUT2D eigenvalue weighted by atomic mass is 9.97. The molecule has 0 bridgehead atoms. The lowest BCUT2D eigenvalue weighted by molar-refractivity contribution is -0.135. The summed E-state index contributed by atoms with van der Waals surface area (Å²) in [5.74, 6) is 0.419. The Labute approximate surface area is 122 Å². The van der Waals surface area contributed by atoms with Gasteiger partial charge >= 0.3 is 0 Å². The van der Waals surface area contributed by atoms with Crippen molar-refractivity contribution in [3.63, 3.8) is 0 Å². The molecule has 2 saturated heterocycles. The van der Waals surface area contributed by atoms with Gasteiger partial charge in [-0.05, 0) is 25.7 Å². The average Bonchev–Trinajstić information content (AvgIpc) is 2.38. The van der Waals surface area contributed by atoms with Crippen molar-refractivity contribution in [3.05, 3.63) is 0 Å². The zero-order valence-electron chi connectivity index (χ0n) is 12.3. The molecule has 0 aromatic rings. The van der Waals surface area contributed by atoms with Crippen LogP contribution in [0.4, 0.5) is 0 Å². The van der Waals surface area contributed by atoms with E-state index in [-0.39, 0.29) is 23.5 Å². The van der Waals surface area contributed by atoms with E-state index in [2.05, 4.69) is 12.2 Å². The molecule has 5 nitrogen and oxygen atoms in total. The number of amides is 1. The van der Waals surface area contributed by atoms with Crippen LogP contribution >= 0.6 is 0 Å². The monoisotopic (exact) mass is 302 g/mol. The number of carbonyl (C=O) groups excluding carboxylic acids is 1. The van der Waals surface area contributed by atoms with Gasteiger partial charge in [0.15, 0.2) is 9.84 Å². The Morgan fingerprint density at radius 2 is 2.15 bits per heavy atom. The molecule has 6 heteroatoms. The van der Waals surface area contributed by atoms with Crippen LogP contribution in [0.15, 0.2) is 0 Å². The zero-order chi connectivity index (χ0) is 14.6. The highest BCUT2D eigenvalue weighted by molar-refractivity contribution is 7.91. The molecule has 2 fully saturated rings. The Kier molecular flexibility index (Phi) is 5.43. The van der Waals surface area contributed by atoms with Crippen LogP contribution in [0.1, 0.15) is 45.4 Å². The number of likely N-dealkylation sites (tertiary alicyclic amines) is 1. The fourth-order valence-electron chi connectivity index (χ4n) is 3.29. The summed E-state index contributed by atoms with van der Waals surface area (Å²) >= 11 is 0. The van der Waals surface area contributed by atoms with Crippen LogP contribution < -0.4 is 5.32 Å². The van der Waals surface area contributed by atoms with Crippen LogP contribution in [-0.4, -0.2) is 55.9 Å². The van der Waals surface area contributed by atoms with E-state index < -0.39 is 9.84 Å². The molecule has 2 heterocycles. The van der Waals surface area contributed by atoms with Crippen LogP contribution in [0.5, 0.6) is 0 Å². The fourth-order valence-corrected chi connectivity index (χ4v) is 4.73. The molecule has 2 rings (SSSR count). The van der Waals surface area contributed by atoms with Gasteiger partial charge in [-0.2, -0.15) is 0 Å². The quantitative estimate of drug-likeness (QED) is 0.839. The van der Waals surface area contributed by atoms with E-state index in [1.165, 1.54) is 6.42 Å². The van der Waals surface area contributed by atoms with E-state index in [1.807, 2.05) is 4.90 Å². The fraction of sp³-hybridized carbons (Fsp3) is 0.929. The third-order valence-electron chi connectivity index (χ3n) is 4.29. The van der Waals surface area contributed by atoms with E-state index in [0.717, 1.165) is 32.2 Å². The zero-order valence-corrected chi connectivity index (χ0v) is 13.1. The van der Waals surface area contributed by atoms with Gasteiger partial charge in [-0.25, -0.2) is 8.42 Å². The van der Waals surface area contributed by atoms with Crippen molar-refractivity contribution in [1.29, 1.82) is 0 Å². The van der Waals surface area contributed by atoms with E-state index in [4.69, 9.17) is 0 Å². The minimum absolute atomic E-state index is 0.102. The molecule has 20 heavy (non-hydrogen) atoms. The van der Waals surface area contributed by atoms with Gasteiger partial charge in [0.25, 0.3) is 0 Å². The molecule has 0 saturated carbocycles. The summed E-state index contributed by atoms with van der Waals surface area (Å²) < 4.78 is 23.2. The summed E-state index contributed by atoms with van der Waals surface area (Å²) in [4.78, 5) is 14.4. The maximum absolute atomic E-state index is 12.5. The van der Waals surface area contributed by atoms with Crippen LogP contribution in [0.3, 0.4) is 0 Å². The van der Waals surface area contributed by atoms with Crippen molar-refractivity contribution in [1.82, 2.24) is 10.2 Å². The van der Waals surface area contributed by atoms with Gasteiger partial charge in [0, 0.05) is 31.6 Å². The first kappa shape index (κ1) is 15.8. The van der Waals surface area contributed by atoms with E-state index in [9.17, 15) is 13.2 Å². The first-order chi connectivity index (χ1) is 9.52. The summed E-state index contributed by atoms with van der Waals surface area (Å²) in [6, 6.07) is 0.159. The molecule has 0 aromatic heterocycles. The second-order valence-electron chi connectivity index (χ2n) is 5.99. The number of nitrogens with one attached hydrogen (secondary N) is 1. The number of hydrogen-bond acceptors (Lipinski definition) is 4. The Morgan fingerprint density at radius 3 is 2.85 bits per heavy atom. The maximum Gasteiger partial charge on any atom is 0.224 e. The number of piperidine rings is 1. The van der Waals surface area contributed by atoms with Gasteiger partial charge in [0.1, 0.15) is 0 Å². The molecule has 2 aliphatic heterocycles. The molecule has 0 radical (unpaired) electrons. The van der Waals surface area contributed by atoms with Crippen LogP contribution in [0.25, 0.3) is 0 Å². The van der Waals surface area contributed by atoms with Gasteiger partial charge in [-0.15, -0.1) is 0 Å². The van der Waals surface area contributed by atoms with Gasteiger partial charge < -0.3 is 10.2 Å². The lowest BCUT2D eigenvalue weighted by Crippen LogP contribution is -2.50. The topological polar surface area (TPSA) is 66.5 Å². The highest BCUT2D eigenvalue weighted by Gasteiger charge is 2.30. The van der Waals surface area contributed by atoms with Crippen LogP contribution in [-0.2, 0) is 14.6 Å². The Morgan fingerprint density at radius 1 is 1.35 bits per heavy atom. The SMILES string of the molecule is CCCC1CCCCN1C(=O)CC1CS(=O)(=O)CCN1. The van der Waals surface area contributed by atoms with Crippen LogP contribution in [0, 0.1) is 0 Å². The third kappa shape index (κ3) is 4.19. The molecule has 1 amide bonds. The maximum atomic E-state index is 12.5. The van der Waals surface area contributed by atoms with Crippen LogP contribution in [0.2, 0.25) is 0 Å². The molecular formula is C14H26N2O3S. The summed E-state index contributed by atoms with van der Waals surface area (Å²) in [5.41, 5.74) is 0. The second-order valence-corrected chi connectivity index (χ2v) is 8.22. The lowest BCUT2D eigenvalue weighted by Gasteiger charge is -2.37. The van der Waals surface area contributed by atoms with Gasteiger partial charge in [0.05, 0.1) is 11.5 Å². The third-order valence-corrected chi connectivity index (χ3v) is 6.03. The van der Waals surface area contributed by atoms with Crippen molar-refractivity contribution in [2.24, 2.45) is 0 Å². The molecule has 116 valence electrons. The van der Waals surface area contributed by atoms with Crippen molar-refractivity contribution < 1.29 is 13.2 Å². The molecule has 1 N–H and O–H groups in total.